The van der Waals surface area contributed by atoms with E-state index in [9.17, 15) is 0 Å². The Morgan fingerprint density at radius 3 is 2.11 bits per heavy atom. The first kappa shape index (κ1) is 12.9. The van der Waals surface area contributed by atoms with Crippen molar-refractivity contribution in [2.45, 2.75) is 6.92 Å². The molecule has 0 aliphatic heterocycles. The molecule has 0 nitrogen and oxygen atoms in total. The van der Waals surface area contributed by atoms with Crippen molar-refractivity contribution in [3.63, 3.8) is 0 Å². The second-order valence-electron chi connectivity index (χ2n) is 4.22. The molecule has 0 atom stereocenters. The van der Waals surface area contributed by atoms with Crippen LogP contribution in [0.15, 0.2) is 78.9 Å². The molecular formula is C19H16. The van der Waals surface area contributed by atoms with Gasteiger partial charge in [-0.2, -0.15) is 0 Å². The molecule has 0 saturated carbocycles. The number of hydrogen-bond donors (Lipinski definition) is 0. The summed E-state index contributed by atoms with van der Waals surface area (Å²) in [6.07, 6.45) is 1.82. The molecule has 0 aliphatic rings. The molecule has 0 radical (unpaired) electrons. The van der Waals surface area contributed by atoms with E-state index in [1.807, 2.05) is 54.6 Å². The Kier molecular flexibility index (Phi) is 4.37. The fourth-order valence-corrected chi connectivity index (χ4v) is 1.80. The number of allylic oxidation sites excluding steroid dienone is 3. The van der Waals surface area contributed by atoms with Gasteiger partial charge < -0.3 is 0 Å². The molecular weight excluding hydrogens is 228 g/mol. The Labute approximate surface area is 115 Å². The van der Waals surface area contributed by atoms with Crippen LogP contribution in [0.2, 0.25) is 0 Å². The summed E-state index contributed by atoms with van der Waals surface area (Å²) in [4.78, 5) is 0. The molecule has 2 rings (SSSR count). The standard InChI is InChI=1S/C19H16/c1-3-18(15-14-17-10-6-4-7-11-17)16(2)19-12-8-5-9-13-19/h3-13H,1H2,2H3/b18-16-. The molecule has 19 heavy (non-hydrogen) atoms. The summed E-state index contributed by atoms with van der Waals surface area (Å²) < 4.78 is 0. The van der Waals surface area contributed by atoms with E-state index in [1.165, 1.54) is 5.56 Å². The number of hydrogen-bond acceptors (Lipinski definition) is 0. The molecule has 0 bridgehead atoms. The summed E-state index contributed by atoms with van der Waals surface area (Å²) in [5.41, 5.74) is 4.32. The van der Waals surface area contributed by atoms with Crippen LogP contribution < -0.4 is 0 Å². The van der Waals surface area contributed by atoms with Gasteiger partial charge in [-0.25, -0.2) is 0 Å². The lowest BCUT2D eigenvalue weighted by atomic mass is 10.0. The maximum atomic E-state index is 3.86. The monoisotopic (exact) mass is 244 g/mol. The van der Waals surface area contributed by atoms with E-state index < -0.39 is 0 Å². The first-order valence-corrected chi connectivity index (χ1v) is 6.27. The summed E-state index contributed by atoms with van der Waals surface area (Å²) >= 11 is 0. The molecule has 0 unspecified atom stereocenters. The van der Waals surface area contributed by atoms with E-state index in [4.69, 9.17) is 0 Å². The van der Waals surface area contributed by atoms with Gasteiger partial charge in [0.2, 0.25) is 0 Å². The molecule has 0 N–H and O–H groups in total. The van der Waals surface area contributed by atoms with Gasteiger partial charge in [-0.3, -0.25) is 0 Å². The van der Waals surface area contributed by atoms with Gasteiger partial charge in [-0.05, 0) is 30.2 Å². The van der Waals surface area contributed by atoms with E-state index in [2.05, 4.69) is 37.5 Å². The first-order valence-electron chi connectivity index (χ1n) is 6.27. The second-order valence-corrected chi connectivity index (χ2v) is 4.22. The maximum Gasteiger partial charge on any atom is 0.0278 e. The maximum absolute atomic E-state index is 3.86. The predicted molar refractivity (Wildman–Crippen MR) is 82.6 cm³/mol. The Morgan fingerprint density at radius 2 is 1.53 bits per heavy atom. The van der Waals surface area contributed by atoms with Crippen LogP contribution in [0.1, 0.15) is 18.1 Å². The molecule has 92 valence electrons. The number of rotatable bonds is 2. The van der Waals surface area contributed by atoms with Crippen LogP contribution in [-0.2, 0) is 0 Å². The molecule has 0 amide bonds. The average Bonchev–Trinajstić information content (AvgIpc) is 2.49. The molecule has 0 aliphatic carbocycles. The lowest BCUT2D eigenvalue weighted by Crippen LogP contribution is -1.84. The van der Waals surface area contributed by atoms with E-state index in [0.717, 1.165) is 16.7 Å². The topological polar surface area (TPSA) is 0 Å². The zero-order chi connectivity index (χ0) is 13.5. The molecule has 0 fully saturated rings. The van der Waals surface area contributed by atoms with Crippen molar-refractivity contribution in [2.24, 2.45) is 0 Å². The van der Waals surface area contributed by atoms with Gasteiger partial charge in [-0.1, -0.05) is 73.0 Å². The minimum atomic E-state index is 0.968. The van der Waals surface area contributed by atoms with E-state index in [0.29, 0.717) is 0 Å². The highest BCUT2D eigenvalue weighted by Crippen LogP contribution is 2.18. The third-order valence-electron chi connectivity index (χ3n) is 2.93. The molecule has 0 aromatic heterocycles. The average molecular weight is 244 g/mol. The first-order chi connectivity index (χ1) is 9.31. The van der Waals surface area contributed by atoms with E-state index in [-0.39, 0.29) is 0 Å². The molecule has 0 saturated heterocycles. The fourth-order valence-electron chi connectivity index (χ4n) is 1.80. The van der Waals surface area contributed by atoms with Crippen LogP contribution in [0.3, 0.4) is 0 Å². The quantitative estimate of drug-likeness (QED) is 0.530. The summed E-state index contributed by atoms with van der Waals surface area (Å²) in [7, 11) is 0. The largest absolute Gasteiger partial charge is 0.0978 e. The van der Waals surface area contributed by atoms with Crippen LogP contribution in [0.25, 0.3) is 5.57 Å². The van der Waals surface area contributed by atoms with Gasteiger partial charge in [0.25, 0.3) is 0 Å². The van der Waals surface area contributed by atoms with Gasteiger partial charge in [0, 0.05) is 11.1 Å². The summed E-state index contributed by atoms with van der Waals surface area (Å²) in [5.74, 6) is 6.36. The van der Waals surface area contributed by atoms with Crippen LogP contribution in [0.5, 0.6) is 0 Å². The Bertz CT molecular complexity index is 635. The SMILES string of the molecule is C=C/C(C#Cc1ccccc1)=C(\C)c1ccccc1. The third kappa shape index (κ3) is 3.47. The van der Waals surface area contributed by atoms with E-state index >= 15 is 0 Å². The highest BCUT2D eigenvalue weighted by molar-refractivity contribution is 5.73. The zero-order valence-electron chi connectivity index (χ0n) is 11.1. The van der Waals surface area contributed by atoms with Crippen molar-refractivity contribution >= 4 is 5.57 Å². The van der Waals surface area contributed by atoms with Gasteiger partial charge in [0.15, 0.2) is 0 Å². The van der Waals surface area contributed by atoms with Crippen molar-refractivity contribution in [3.8, 4) is 11.8 Å². The normalized spacial score (nSPS) is 11.0. The smallest absolute Gasteiger partial charge is 0.0278 e. The summed E-state index contributed by atoms with van der Waals surface area (Å²) in [6, 6.07) is 20.2. The third-order valence-corrected chi connectivity index (χ3v) is 2.93. The van der Waals surface area contributed by atoms with E-state index in [1.54, 1.807) is 0 Å². The lowest BCUT2D eigenvalue weighted by Gasteiger charge is -2.03. The van der Waals surface area contributed by atoms with Crippen LogP contribution in [-0.4, -0.2) is 0 Å². The van der Waals surface area contributed by atoms with Crippen molar-refractivity contribution in [3.05, 3.63) is 90.0 Å². The molecule has 2 aromatic rings. The van der Waals surface area contributed by atoms with Crippen LogP contribution >= 0.6 is 0 Å². The van der Waals surface area contributed by atoms with Crippen LogP contribution in [0.4, 0.5) is 0 Å². The van der Waals surface area contributed by atoms with Crippen molar-refractivity contribution in [1.82, 2.24) is 0 Å². The van der Waals surface area contributed by atoms with Crippen molar-refractivity contribution in [2.75, 3.05) is 0 Å². The van der Waals surface area contributed by atoms with Crippen LogP contribution in [0, 0.1) is 11.8 Å². The lowest BCUT2D eigenvalue weighted by molar-refractivity contribution is 1.54. The van der Waals surface area contributed by atoms with Crippen molar-refractivity contribution < 1.29 is 0 Å². The minimum Gasteiger partial charge on any atom is -0.0978 e. The van der Waals surface area contributed by atoms with Gasteiger partial charge in [-0.15, -0.1) is 0 Å². The highest BCUT2D eigenvalue weighted by Gasteiger charge is 1.98. The molecule has 0 heteroatoms. The summed E-state index contributed by atoms with van der Waals surface area (Å²) in [5, 5.41) is 0. The van der Waals surface area contributed by atoms with Gasteiger partial charge in [0.1, 0.15) is 0 Å². The molecule has 0 heterocycles. The second kappa shape index (κ2) is 6.42. The zero-order valence-corrected chi connectivity index (χ0v) is 11.1. The summed E-state index contributed by atoms with van der Waals surface area (Å²) in [6.45, 7) is 5.93. The molecule has 2 aromatic carbocycles. The van der Waals surface area contributed by atoms with Crippen molar-refractivity contribution in [1.29, 1.82) is 0 Å². The van der Waals surface area contributed by atoms with Gasteiger partial charge >= 0.3 is 0 Å². The minimum absolute atomic E-state index is 0.968. The Hall–Kier alpha value is -2.52. The Morgan fingerprint density at radius 1 is 0.947 bits per heavy atom. The highest BCUT2D eigenvalue weighted by atomic mass is 14.0. The fraction of sp³-hybridized carbons (Fsp3) is 0.0526. The Balaban J connectivity index is 2.36. The van der Waals surface area contributed by atoms with Gasteiger partial charge in [0.05, 0.1) is 0 Å². The number of benzene rings is 2. The molecule has 0 spiro atoms. The predicted octanol–water partition coefficient (Wildman–Crippen LogP) is 4.70.